The first kappa shape index (κ1) is 18.5. The van der Waals surface area contributed by atoms with Crippen LogP contribution >= 0.6 is 0 Å². The molecule has 5 heteroatoms. The molecule has 0 radical (unpaired) electrons. The molecule has 2 aromatic rings. The highest BCUT2D eigenvalue weighted by Gasteiger charge is 2.10. The number of hydrogen-bond donors (Lipinski definition) is 1. The fourth-order valence-corrected chi connectivity index (χ4v) is 2.33. The molecule has 0 aliphatic heterocycles. The molecule has 2 rings (SSSR count). The van der Waals surface area contributed by atoms with E-state index in [1.165, 1.54) is 0 Å². The summed E-state index contributed by atoms with van der Waals surface area (Å²) in [6.45, 7) is 2.02. The van der Waals surface area contributed by atoms with Gasteiger partial charge in [0.25, 0.3) is 0 Å². The number of carbonyl (C=O) groups is 2. The fraction of sp³-hybridized carbons (Fsp3) is 0.300. The van der Waals surface area contributed by atoms with Crippen molar-refractivity contribution in [3.63, 3.8) is 0 Å². The maximum absolute atomic E-state index is 11.8. The van der Waals surface area contributed by atoms with E-state index in [2.05, 4.69) is 0 Å². The lowest BCUT2D eigenvalue weighted by Gasteiger charge is -2.10. The predicted octanol–water partition coefficient (Wildman–Crippen LogP) is 3.42. The summed E-state index contributed by atoms with van der Waals surface area (Å²) in [5.41, 5.74) is 7.88. The van der Waals surface area contributed by atoms with E-state index in [1.807, 2.05) is 37.3 Å². The SMILES string of the molecule is CCCC(=O)c1ccc(OCC(=O)OCCc2ccccc2)c(N)c1. The van der Waals surface area contributed by atoms with Gasteiger partial charge < -0.3 is 15.2 Å². The number of ether oxygens (including phenoxy) is 2. The number of nitrogen functional groups attached to an aromatic ring is 1. The zero-order valence-electron chi connectivity index (χ0n) is 14.4. The van der Waals surface area contributed by atoms with E-state index in [0.29, 0.717) is 36.4 Å². The van der Waals surface area contributed by atoms with Crippen LogP contribution in [0.5, 0.6) is 5.75 Å². The van der Waals surface area contributed by atoms with Gasteiger partial charge in [0.1, 0.15) is 5.75 Å². The molecule has 0 fully saturated rings. The number of ketones is 1. The monoisotopic (exact) mass is 341 g/mol. The van der Waals surface area contributed by atoms with Gasteiger partial charge >= 0.3 is 5.97 Å². The van der Waals surface area contributed by atoms with Crippen LogP contribution in [0.4, 0.5) is 5.69 Å². The van der Waals surface area contributed by atoms with E-state index < -0.39 is 5.97 Å². The third kappa shape index (κ3) is 5.95. The Bertz CT molecular complexity index is 713. The molecule has 0 spiro atoms. The van der Waals surface area contributed by atoms with Gasteiger partial charge in [-0.2, -0.15) is 0 Å². The Hall–Kier alpha value is -2.82. The molecule has 2 N–H and O–H groups in total. The number of nitrogens with two attached hydrogens (primary N) is 1. The lowest BCUT2D eigenvalue weighted by Crippen LogP contribution is -2.17. The first-order valence-electron chi connectivity index (χ1n) is 8.35. The van der Waals surface area contributed by atoms with Crippen LogP contribution in [-0.2, 0) is 16.0 Å². The van der Waals surface area contributed by atoms with Gasteiger partial charge in [-0.25, -0.2) is 4.79 Å². The van der Waals surface area contributed by atoms with Gasteiger partial charge in [0.15, 0.2) is 12.4 Å². The van der Waals surface area contributed by atoms with E-state index in [1.54, 1.807) is 18.2 Å². The summed E-state index contributed by atoms with van der Waals surface area (Å²) in [5.74, 6) is -0.0457. The minimum Gasteiger partial charge on any atom is -0.480 e. The third-order valence-corrected chi connectivity index (χ3v) is 3.65. The number of anilines is 1. The second kappa shape index (κ2) is 9.47. The zero-order chi connectivity index (χ0) is 18.1. The highest BCUT2D eigenvalue weighted by Crippen LogP contribution is 2.23. The lowest BCUT2D eigenvalue weighted by atomic mass is 10.1. The van der Waals surface area contributed by atoms with Crippen LogP contribution in [-0.4, -0.2) is 25.0 Å². The summed E-state index contributed by atoms with van der Waals surface area (Å²) in [5, 5.41) is 0. The first-order valence-corrected chi connectivity index (χ1v) is 8.35. The number of benzene rings is 2. The van der Waals surface area contributed by atoms with Gasteiger partial charge in [-0.15, -0.1) is 0 Å². The maximum atomic E-state index is 11.8. The van der Waals surface area contributed by atoms with E-state index in [4.69, 9.17) is 15.2 Å². The summed E-state index contributed by atoms with van der Waals surface area (Å²) >= 11 is 0. The van der Waals surface area contributed by atoms with Gasteiger partial charge in [-0.05, 0) is 30.2 Å². The van der Waals surface area contributed by atoms with Crippen molar-refractivity contribution in [3.05, 3.63) is 59.7 Å². The average Bonchev–Trinajstić information content (AvgIpc) is 2.61. The molecule has 0 unspecified atom stereocenters. The third-order valence-electron chi connectivity index (χ3n) is 3.65. The van der Waals surface area contributed by atoms with Crippen molar-refractivity contribution in [2.45, 2.75) is 26.2 Å². The zero-order valence-corrected chi connectivity index (χ0v) is 14.4. The van der Waals surface area contributed by atoms with Gasteiger partial charge in [-0.1, -0.05) is 37.3 Å². The summed E-state index contributed by atoms with van der Waals surface area (Å²) in [4.78, 5) is 23.6. The fourth-order valence-electron chi connectivity index (χ4n) is 2.33. The summed E-state index contributed by atoms with van der Waals surface area (Å²) in [6.07, 6.45) is 1.92. The number of hydrogen-bond acceptors (Lipinski definition) is 5. The maximum Gasteiger partial charge on any atom is 0.344 e. The predicted molar refractivity (Wildman–Crippen MR) is 96.7 cm³/mol. The molecule has 2 aromatic carbocycles. The Labute approximate surface area is 147 Å². The van der Waals surface area contributed by atoms with Gasteiger partial charge in [-0.3, -0.25) is 4.79 Å². The van der Waals surface area contributed by atoms with Crippen molar-refractivity contribution in [2.75, 3.05) is 18.9 Å². The summed E-state index contributed by atoms with van der Waals surface area (Å²) in [7, 11) is 0. The second-order valence-corrected chi connectivity index (χ2v) is 5.67. The van der Waals surface area contributed by atoms with Crippen LogP contribution < -0.4 is 10.5 Å². The van der Waals surface area contributed by atoms with Crippen LogP contribution in [0.15, 0.2) is 48.5 Å². The molecular formula is C20H23NO4. The summed E-state index contributed by atoms with van der Waals surface area (Å²) in [6, 6.07) is 14.6. The number of Topliss-reactive ketones (excluding diaryl/α,β-unsaturated/α-hetero) is 1. The van der Waals surface area contributed by atoms with Crippen molar-refractivity contribution < 1.29 is 19.1 Å². The average molecular weight is 341 g/mol. The van der Waals surface area contributed by atoms with Crippen LogP contribution in [0, 0.1) is 0 Å². The Morgan fingerprint density at radius 2 is 1.84 bits per heavy atom. The molecule has 0 saturated carbocycles. The molecule has 5 nitrogen and oxygen atoms in total. The second-order valence-electron chi connectivity index (χ2n) is 5.67. The molecule has 132 valence electrons. The number of esters is 1. The van der Waals surface area contributed by atoms with Crippen LogP contribution in [0.3, 0.4) is 0 Å². The number of rotatable bonds is 9. The summed E-state index contributed by atoms with van der Waals surface area (Å²) < 4.78 is 10.5. The smallest absolute Gasteiger partial charge is 0.344 e. The highest BCUT2D eigenvalue weighted by atomic mass is 16.6. The van der Waals surface area contributed by atoms with E-state index in [9.17, 15) is 9.59 Å². The Balaban J connectivity index is 1.78. The van der Waals surface area contributed by atoms with Crippen molar-refractivity contribution in [1.29, 1.82) is 0 Å². The minimum atomic E-state index is -0.457. The van der Waals surface area contributed by atoms with Crippen LogP contribution in [0.1, 0.15) is 35.7 Å². The molecule has 0 saturated heterocycles. The van der Waals surface area contributed by atoms with Crippen LogP contribution in [0.2, 0.25) is 0 Å². The standard InChI is InChI=1S/C20H23NO4/c1-2-6-18(22)16-9-10-19(17(21)13-16)25-14-20(23)24-12-11-15-7-4-3-5-8-15/h3-5,7-10,13H,2,6,11-12,14,21H2,1H3. The van der Waals surface area contributed by atoms with E-state index in [-0.39, 0.29) is 12.4 Å². The highest BCUT2D eigenvalue weighted by molar-refractivity contribution is 5.97. The molecule has 0 heterocycles. The molecule has 0 amide bonds. The molecule has 0 aromatic heterocycles. The van der Waals surface area contributed by atoms with Crippen molar-refractivity contribution in [3.8, 4) is 5.75 Å². The largest absolute Gasteiger partial charge is 0.480 e. The van der Waals surface area contributed by atoms with Crippen LogP contribution in [0.25, 0.3) is 0 Å². The number of carbonyl (C=O) groups excluding carboxylic acids is 2. The quantitative estimate of drug-likeness (QED) is 0.429. The molecule has 0 atom stereocenters. The normalized spacial score (nSPS) is 10.3. The van der Waals surface area contributed by atoms with Gasteiger partial charge in [0.2, 0.25) is 0 Å². The lowest BCUT2D eigenvalue weighted by molar-refractivity contribution is -0.145. The Kier molecular flexibility index (Phi) is 7.01. The van der Waals surface area contributed by atoms with Gasteiger partial charge in [0.05, 0.1) is 12.3 Å². The van der Waals surface area contributed by atoms with E-state index in [0.717, 1.165) is 12.0 Å². The Morgan fingerprint density at radius 1 is 1.08 bits per heavy atom. The Morgan fingerprint density at radius 3 is 2.52 bits per heavy atom. The van der Waals surface area contributed by atoms with Gasteiger partial charge in [0, 0.05) is 18.4 Å². The molecule has 25 heavy (non-hydrogen) atoms. The molecule has 0 bridgehead atoms. The van der Waals surface area contributed by atoms with E-state index >= 15 is 0 Å². The topological polar surface area (TPSA) is 78.6 Å². The van der Waals surface area contributed by atoms with Crippen molar-refractivity contribution >= 4 is 17.4 Å². The van der Waals surface area contributed by atoms with Crippen molar-refractivity contribution in [1.82, 2.24) is 0 Å². The molecule has 0 aliphatic rings. The molecular weight excluding hydrogens is 318 g/mol. The minimum absolute atomic E-state index is 0.0427. The molecule has 0 aliphatic carbocycles. The first-order chi connectivity index (χ1) is 12.1. The van der Waals surface area contributed by atoms with Crippen molar-refractivity contribution in [2.24, 2.45) is 0 Å².